The Kier molecular flexibility index (Phi) is 3.67. The van der Waals surface area contributed by atoms with Gasteiger partial charge in [0.05, 0.1) is 12.4 Å². The Balaban J connectivity index is 3.49. The summed E-state index contributed by atoms with van der Waals surface area (Å²) in [7, 11) is 0. The van der Waals surface area contributed by atoms with Crippen molar-refractivity contribution in [3.05, 3.63) is 0 Å². The maximum absolute atomic E-state index is 10.0. The zero-order valence-corrected chi connectivity index (χ0v) is 5.79. The molecule has 0 aromatic carbocycles. The topological polar surface area (TPSA) is 55.4 Å². The molecule has 0 rings (SSSR count). The van der Waals surface area contributed by atoms with Crippen LogP contribution in [0, 0.1) is 5.92 Å². The maximum atomic E-state index is 10.0. The second-order valence-electron chi connectivity index (χ2n) is 2.10. The minimum atomic E-state index is -0.0106. The Labute approximate surface area is 55.0 Å². The standard InChI is InChI=1S/C6H12N2O/c1-5(4-9)3-8-6(2)7/h4-5H,3H2,1-2H3,(H2,7,8). The Hall–Kier alpha value is -0.860. The van der Waals surface area contributed by atoms with Gasteiger partial charge in [0, 0.05) is 5.92 Å². The number of carbonyl (C=O) groups is 1. The van der Waals surface area contributed by atoms with E-state index in [1.54, 1.807) is 13.8 Å². The molecule has 0 aromatic rings. The zero-order chi connectivity index (χ0) is 7.28. The minimum absolute atomic E-state index is 0.0106. The van der Waals surface area contributed by atoms with Crippen LogP contribution < -0.4 is 5.73 Å². The molecule has 0 aliphatic heterocycles. The first-order chi connectivity index (χ1) is 4.16. The third kappa shape index (κ3) is 5.00. The number of aldehydes is 1. The van der Waals surface area contributed by atoms with Gasteiger partial charge in [-0.15, -0.1) is 0 Å². The molecular formula is C6H12N2O. The molecule has 0 radical (unpaired) electrons. The van der Waals surface area contributed by atoms with Gasteiger partial charge < -0.3 is 10.5 Å². The fourth-order valence-corrected chi connectivity index (χ4v) is 0.331. The van der Waals surface area contributed by atoms with Crippen molar-refractivity contribution in [3.63, 3.8) is 0 Å². The maximum Gasteiger partial charge on any atom is 0.124 e. The number of rotatable bonds is 3. The van der Waals surface area contributed by atoms with Crippen LogP contribution in [0.2, 0.25) is 0 Å². The molecule has 3 nitrogen and oxygen atoms in total. The van der Waals surface area contributed by atoms with Crippen molar-refractivity contribution >= 4 is 12.1 Å². The summed E-state index contributed by atoms with van der Waals surface area (Å²) in [5.74, 6) is 0.521. The van der Waals surface area contributed by atoms with Gasteiger partial charge in [-0.25, -0.2) is 0 Å². The molecule has 0 saturated heterocycles. The van der Waals surface area contributed by atoms with E-state index in [0.717, 1.165) is 6.29 Å². The summed E-state index contributed by atoms with van der Waals surface area (Å²) in [6.45, 7) is 4.02. The number of carbonyl (C=O) groups excluding carboxylic acids is 1. The Bertz CT molecular complexity index is 116. The Morgan fingerprint density at radius 1 is 1.89 bits per heavy atom. The third-order valence-electron chi connectivity index (χ3n) is 0.861. The molecule has 3 heteroatoms. The molecule has 0 aromatic heterocycles. The minimum Gasteiger partial charge on any atom is -0.388 e. The highest BCUT2D eigenvalue weighted by molar-refractivity contribution is 5.77. The lowest BCUT2D eigenvalue weighted by molar-refractivity contribution is -0.110. The van der Waals surface area contributed by atoms with Gasteiger partial charge in [0.1, 0.15) is 6.29 Å². The van der Waals surface area contributed by atoms with Crippen LogP contribution in [0.25, 0.3) is 0 Å². The molecule has 0 aliphatic carbocycles. The van der Waals surface area contributed by atoms with Crippen LogP contribution in [-0.4, -0.2) is 18.7 Å². The molecule has 1 atom stereocenters. The molecule has 52 valence electrons. The van der Waals surface area contributed by atoms with Crippen molar-refractivity contribution in [2.75, 3.05) is 6.54 Å². The molecule has 0 fully saturated rings. The molecule has 9 heavy (non-hydrogen) atoms. The number of amidine groups is 1. The van der Waals surface area contributed by atoms with Gasteiger partial charge in [-0.2, -0.15) is 0 Å². The van der Waals surface area contributed by atoms with Crippen LogP contribution in [-0.2, 0) is 4.79 Å². The second kappa shape index (κ2) is 4.06. The summed E-state index contributed by atoms with van der Waals surface area (Å²) in [5, 5.41) is 0. The zero-order valence-electron chi connectivity index (χ0n) is 5.79. The molecule has 0 saturated carbocycles. The van der Waals surface area contributed by atoms with Crippen molar-refractivity contribution in [2.45, 2.75) is 13.8 Å². The number of aliphatic imine (C=N–C) groups is 1. The second-order valence-corrected chi connectivity index (χ2v) is 2.10. The van der Waals surface area contributed by atoms with Gasteiger partial charge in [0.25, 0.3) is 0 Å². The van der Waals surface area contributed by atoms with E-state index in [4.69, 9.17) is 5.73 Å². The first-order valence-electron chi connectivity index (χ1n) is 2.88. The van der Waals surface area contributed by atoms with E-state index < -0.39 is 0 Å². The molecular weight excluding hydrogens is 116 g/mol. The lowest BCUT2D eigenvalue weighted by Crippen LogP contribution is -2.09. The van der Waals surface area contributed by atoms with Crippen LogP contribution in [0.4, 0.5) is 0 Å². The largest absolute Gasteiger partial charge is 0.388 e. The quantitative estimate of drug-likeness (QED) is 0.335. The summed E-state index contributed by atoms with van der Waals surface area (Å²) in [6, 6.07) is 0. The van der Waals surface area contributed by atoms with E-state index in [-0.39, 0.29) is 5.92 Å². The van der Waals surface area contributed by atoms with Crippen molar-refractivity contribution in [3.8, 4) is 0 Å². The van der Waals surface area contributed by atoms with Gasteiger partial charge in [0.2, 0.25) is 0 Å². The van der Waals surface area contributed by atoms with E-state index in [0.29, 0.717) is 12.4 Å². The van der Waals surface area contributed by atoms with E-state index in [1.807, 2.05) is 0 Å². The normalized spacial score (nSPS) is 15.1. The predicted molar refractivity (Wildman–Crippen MR) is 37.4 cm³/mol. The van der Waals surface area contributed by atoms with Crippen LogP contribution in [0.15, 0.2) is 4.99 Å². The highest BCUT2D eigenvalue weighted by Gasteiger charge is 1.94. The van der Waals surface area contributed by atoms with Gasteiger partial charge >= 0.3 is 0 Å². The summed E-state index contributed by atoms with van der Waals surface area (Å²) < 4.78 is 0. The van der Waals surface area contributed by atoms with Crippen LogP contribution >= 0.6 is 0 Å². The van der Waals surface area contributed by atoms with Crippen molar-refractivity contribution in [2.24, 2.45) is 16.6 Å². The number of hydrogen-bond acceptors (Lipinski definition) is 2. The Morgan fingerprint density at radius 3 is 2.78 bits per heavy atom. The van der Waals surface area contributed by atoms with Gasteiger partial charge in [-0.3, -0.25) is 4.99 Å². The van der Waals surface area contributed by atoms with Crippen LogP contribution in [0.1, 0.15) is 13.8 Å². The smallest absolute Gasteiger partial charge is 0.124 e. The van der Waals surface area contributed by atoms with Gasteiger partial charge in [-0.05, 0) is 6.92 Å². The summed E-state index contributed by atoms with van der Waals surface area (Å²) in [5.41, 5.74) is 5.23. The molecule has 0 heterocycles. The third-order valence-corrected chi connectivity index (χ3v) is 0.861. The van der Waals surface area contributed by atoms with E-state index in [2.05, 4.69) is 4.99 Å². The number of nitrogens with zero attached hydrogens (tertiary/aromatic N) is 1. The Morgan fingerprint density at radius 2 is 2.44 bits per heavy atom. The highest BCUT2D eigenvalue weighted by atomic mass is 16.1. The average molecular weight is 128 g/mol. The molecule has 0 spiro atoms. The highest BCUT2D eigenvalue weighted by Crippen LogP contribution is 1.88. The first-order valence-corrected chi connectivity index (χ1v) is 2.88. The molecule has 1 unspecified atom stereocenters. The monoisotopic (exact) mass is 128 g/mol. The summed E-state index contributed by atoms with van der Waals surface area (Å²) >= 11 is 0. The van der Waals surface area contributed by atoms with Crippen LogP contribution in [0.3, 0.4) is 0 Å². The lowest BCUT2D eigenvalue weighted by atomic mass is 10.2. The van der Waals surface area contributed by atoms with E-state index in [9.17, 15) is 4.79 Å². The van der Waals surface area contributed by atoms with E-state index >= 15 is 0 Å². The van der Waals surface area contributed by atoms with Gasteiger partial charge in [-0.1, -0.05) is 6.92 Å². The van der Waals surface area contributed by atoms with E-state index in [1.165, 1.54) is 0 Å². The van der Waals surface area contributed by atoms with Crippen molar-refractivity contribution in [1.82, 2.24) is 0 Å². The fourth-order valence-electron chi connectivity index (χ4n) is 0.331. The fraction of sp³-hybridized carbons (Fsp3) is 0.667. The first kappa shape index (κ1) is 8.14. The van der Waals surface area contributed by atoms with Crippen LogP contribution in [0.5, 0.6) is 0 Å². The predicted octanol–water partition coefficient (Wildman–Crippen LogP) is 0.198. The summed E-state index contributed by atoms with van der Waals surface area (Å²) in [4.78, 5) is 13.9. The SMILES string of the molecule is C/C(N)=N/CC(C)C=O. The molecule has 0 bridgehead atoms. The van der Waals surface area contributed by atoms with Gasteiger partial charge in [0.15, 0.2) is 0 Å². The molecule has 2 N–H and O–H groups in total. The van der Waals surface area contributed by atoms with Crippen molar-refractivity contribution < 1.29 is 4.79 Å². The number of hydrogen-bond donors (Lipinski definition) is 1. The average Bonchev–Trinajstić information content (AvgIpc) is 1.83. The molecule has 0 amide bonds. The molecule has 0 aliphatic rings. The number of nitrogens with two attached hydrogens (primary N) is 1. The summed E-state index contributed by atoms with van der Waals surface area (Å²) in [6.07, 6.45) is 0.867. The van der Waals surface area contributed by atoms with Crippen molar-refractivity contribution in [1.29, 1.82) is 0 Å². The lowest BCUT2D eigenvalue weighted by Gasteiger charge is -1.95.